The van der Waals surface area contributed by atoms with Gasteiger partial charge < -0.3 is 10.5 Å². The van der Waals surface area contributed by atoms with Gasteiger partial charge in [-0.15, -0.1) is 0 Å². The van der Waals surface area contributed by atoms with E-state index in [9.17, 15) is 0 Å². The van der Waals surface area contributed by atoms with Gasteiger partial charge >= 0.3 is 0 Å². The lowest BCUT2D eigenvalue weighted by Crippen LogP contribution is -2.03. The van der Waals surface area contributed by atoms with E-state index in [0.29, 0.717) is 11.6 Å². The first-order valence-corrected chi connectivity index (χ1v) is 6.53. The molecule has 0 atom stereocenters. The van der Waals surface area contributed by atoms with Crippen molar-refractivity contribution in [3.05, 3.63) is 29.3 Å². The van der Waals surface area contributed by atoms with Crippen LogP contribution in [0.5, 0.6) is 5.75 Å². The van der Waals surface area contributed by atoms with Crippen LogP contribution in [0.15, 0.2) is 24.3 Å². The molecule has 0 bridgehead atoms. The van der Waals surface area contributed by atoms with Gasteiger partial charge in [0.05, 0.1) is 11.6 Å². The molecular weight excluding hydrogens is 230 g/mol. The Hall–Kier alpha value is -0.380. The molecule has 1 rings (SSSR count). The van der Waals surface area contributed by atoms with Crippen molar-refractivity contribution in [2.45, 2.75) is 6.42 Å². The topological polar surface area (TPSA) is 35.2 Å². The van der Waals surface area contributed by atoms with E-state index in [0.717, 1.165) is 30.2 Å². The normalized spacial score (nSPS) is 10.3. The van der Waals surface area contributed by atoms with Gasteiger partial charge in [-0.2, -0.15) is 11.8 Å². The lowest BCUT2D eigenvalue weighted by atomic mass is 10.3. The zero-order chi connectivity index (χ0) is 10.9. The van der Waals surface area contributed by atoms with E-state index in [4.69, 9.17) is 22.1 Å². The Morgan fingerprint density at radius 2 is 2.07 bits per heavy atom. The Kier molecular flexibility index (Phi) is 6.64. The molecule has 0 aliphatic rings. The van der Waals surface area contributed by atoms with E-state index in [-0.39, 0.29) is 0 Å². The minimum absolute atomic E-state index is 0.671. The van der Waals surface area contributed by atoms with Crippen LogP contribution in [-0.2, 0) is 0 Å². The minimum atomic E-state index is 0.671. The van der Waals surface area contributed by atoms with Gasteiger partial charge in [0, 0.05) is 5.75 Å². The van der Waals surface area contributed by atoms with Crippen LogP contribution in [-0.4, -0.2) is 24.7 Å². The summed E-state index contributed by atoms with van der Waals surface area (Å²) in [7, 11) is 0. The van der Waals surface area contributed by atoms with Crippen LogP contribution in [0, 0.1) is 0 Å². The molecule has 15 heavy (non-hydrogen) atoms. The molecule has 0 aliphatic carbocycles. The summed E-state index contributed by atoms with van der Waals surface area (Å²) in [6.45, 7) is 1.46. The molecule has 0 unspecified atom stereocenters. The second-order valence-electron chi connectivity index (χ2n) is 3.03. The van der Waals surface area contributed by atoms with Crippen molar-refractivity contribution in [2.24, 2.45) is 5.73 Å². The number of rotatable bonds is 7. The smallest absolute Gasteiger partial charge is 0.137 e. The van der Waals surface area contributed by atoms with Crippen LogP contribution in [0.25, 0.3) is 0 Å². The monoisotopic (exact) mass is 245 g/mol. The van der Waals surface area contributed by atoms with Gasteiger partial charge in [0.15, 0.2) is 0 Å². The Bertz CT molecular complexity index is 283. The van der Waals surface area contributed by atoms with E-state index < -0.39 is 0 Å². The molecular formula is C11H16ClNOS. The number of thioether (sulfide) groups is 1. The Morgan fingerprint density at radius 1 is 1.27 bits per heavy atom. The third kappa shape index (κ3) is 5.30. The highest BCUT2D eigenvalue weighted by Gasteiger charge is 1.98. The lowest BCUT2D eigenvalue weighted by Gasteiger charge is -2.07. The lowest BCUT2D eigenvalue weighted by molar-refractivity contribution is 0.344. The standard InChI is InChI=1S/C11H16ClNOS/c12-10-4-1-2-5-11(10)14-7-9-15-8-3-6-13/h1-2,4-5H,3,6-9,13H2. The molecule has 0 radical (unpaired) electrons. The van der Waals surface area contributed by atoms with Gasteiger partial charge in [-0.25, -0.2) is 0 Å². The first kappa shape index (κ1) is 12.7. The molecule has 0 heterocycles. The minimum Gasteiger partial charge on any atom is -0.491 e. The van der Waals surface area contributed by atoms with Crippen molar-refractivity contribution < 1.29 is 4.74 Å². The molecule has 0 saturated carbocycles. The molecule has 84 valence electrons. The first-order valence-electron chi connectivity index (χ1n) is 4.99. The molecule has 2 N–H and O–H groups in total. The third-order valence-electron chi connectivity index (χ3n) is 1.81. The molecule has 2 nitrogen and oxygen atoms in total. The van der Waals surface area contributed by atoms with E-state index in [1.807, 2.05) is 36.0 Å². The van der Waals surface area contributed by atoms with Crippen LogP contribution < -0.4 is 10.5 Å². The molecule has 0 aliphatic heterocycles. The van der Waals surface area contributed by atoms with Crippen LogP contribution in [0.3, 0.4) is 0 Å². The molecule has 0 fully saturated rings. The second kappa shape index (κ2) is 7.85. The summed E-state index contributed by atoms with van der Waals surface area (Å²) in [6.07, 6.45) is 1.07. The zero-order valence-corrected chi connectivity index (χ0v) is 10.2. The molecule has 4 heteroatoms. The molecule has 0 amide bonds. The van der Waals surface area contributed by atoms with Crippen LogP contribution in [0.4, 0.5) is 0 Å². The Balaban J connectivity index is 2.12. The number of hydrogen-bond acceptors (Lipinski definition) is 3. The maximum atomic E-state index is 5.94. The number of para-hydroxylation sites is 1. The number of halogens is 1. The predicted octanol–water partition coefficient (Wildman–Crippen LogP) is 2.80. The van der Waals surface area contributed by atoms with Crippen molar-refractivity contribution >= 4 is 23.4 Å². The highest BCUT2D eigenvalue weighted by atomic mass is 35.5. The van der Waals surface area contributed by atoms with Gasteiger partial charge in [-0.05, 0) is 30.9 Å². The maximum Gasteiger partial charge on any atom is 0.137 e. The third-order valence-corrected chi connectivity index (χ3v) is 3.16. The molecule has 0 aromatic heterocycles. The first-order chi connectivity index (χ1) is 7.34. The summed E-state index contributed by atoms with van der Waals surface area (Å²) >= 11 is 7.79. The van der Waals surface area contributed by atoms with Crippen LogP contribution in [0.2, 0.25) is 5.02 Å². The van der Waals surface area contributed by atoms with Gasteiger partial charge in [0.25, 0.3) is 0 Å². The van der Waals surface area contributed by atoms with Crippen LogP contribution in [0.1, 0.15) is 6.42 Å². The van der Waals surface area contributed by atoms with Gasteiger partial charge in [0.1, 0.15) is 5.75 Å². The fraction of sp³-hybridized carbons (Fsp3) is 0.455. The summed E-state index contributed by atoms with van der Waals surface area (Å²) in [4.78, 5) is 0. The highest BCUT2D eigenvalue weighted by molar-refractivity contribution is 7.99. The van der Waals surface area contributed by atoms with Gasteiger partial charge in [-0.3, -0.25) is 0 Å². The van der Waals surface area contributed by atoms with Crippen molar-refractivity contribution in [1.82, 2.24) is 0 Å². The summed E-state index contributed by atoms with van der Waals surface area (Å²) in [5.74, 6) is 2.84. The average Bonchev–Trinajstić information content (AvgIpc) is 2.25. The van der Waals surface area contributed by atoms with Crippen molar-refractivity contribution in [3.63, 3.8) is 0 Å². The molecule has 1 aromatic rings. The summed E-state index contributed by atoms with van der Waals surface area (Å²) in [5, 5.41) is 0.671. The summed E-state index contributed by atoms with van der Waals surface area (Å²) in [5.41, 5.74) is 5.39. The van der Waals surface area contributed by atoms with Crippen molar-refractivity contribution in [3.8, 4) is 5.75 Å². The SMILES string of the molecule is NCCCSCCOc1ccccc1Cl. The quantitative estimate of drug-likeness (QED) is 0.751. The number of hydrogen-bond donors (Lipinski definition) is 1. The van der Waals surface area contributed by atoms with Crippen LogP contribution >= 0.6 is 23.4 Å². The highest BCUT2D eigenvalue weighted by Crippen LogP contribution is 2.23. The summed E-state index contributed by atoms with van der Waals surface area (Å²) in [6, 6.07) is 7.53. The fourth-order valence-corrected chi connectivity index (χ4v) is 2.03. The van der Waals surface area contributed by atoms with Crippen molar-refractivity contribution in [2.75, 3.05) is 24.7 Å². The molecule has 0 spiro atoms. The van der Waals surface area contributed by atoms with E-state index in [1.54, 1.807) is 0 Å². The van der Waals surface area contributed by atoms with E-state index >= 15 is 0 Å². The fourth-order valence-electron chi connectivity index (χ4n) is 1.06. The summed E-state index contributed by atoms with van der Waals surface area (Å²) < 4.78 is 5.53. The van der Waals surface area contributed by atoms with Gasteiger partial charge in [-0.1, -0.05) is 23.7 Å². The molecule has 0 saturated heterocycles. The van der Waals surface area contributed by atoms with Gasteiger partial charge in [0.2, 0.25) is 0 Å². The van der Waals surface area contributed by atoms with E-state index in [1.165, 1.54) is 0 Å². The number of nitrogens with two attached hydrogens (primary N) is 1. The Morgan fingerprint density at radius 3 is 2.80 bits per heavy atom. The Labute approximate surface area is 100 Å². The predicted molar refractivity (Wildman–Crippen MR) is 67.9 cm³/mol. The molecule has 1 aromatic carbocycles. The number of benzene rings is 1. The largest absolute Gasteiger partial charge is 0.491 e. The van der Waals surface area contributed by atoms with Crippen molar-refractivity contribution in [1.29, 1.82) is 0 Å². The maximum absolute atomic E-state index is 5.94. The zero-order valence-electron chi connectivity index (χ0n) is 8.62. The average molecular weight is 246 g/mol. The second-order valence-corrected chi connectivity index (χ2v) is 4.67. The van der Waals surface area contributed by atoms with E-state index in [2.05, 4.69) is 0 Å². The number of ether oxygens (including phenoxy) is 1.